The van der Waals surface area contributed by atoms with Gasteiger partial charge in [0.15, 0.2) is 0 Å². The first-order chi connectivity index (χ1) is 16.3. The highest BCUT2D eigenvalue weighted by Gasteiger charge is 2.28. The largest absolute Gasteiger partial charge is 0.472 e. The van der Waals surface area contributed by atoms with Crippen LogP contribution >= 0.6 is 23.2 Å². The van der Waals surface area contributed by atoms with Gasteiger partial charge in [0.25, 0.3) is 5.56 Å². The number of nitrogens with zero attached hydrogens (tertiary/aromatic N) is 3. The number of aromatic nitrogens is 3. The molecular formula is C22H21Cl2N5O4S. The number of aromatic amines is 1. The second-order valence-electron chi connectivity index (χ2n) is 8.30. The standard InChI is InChI=1S/C22H21Cl2N5O4S/c23-18-10-25-20(33-15-7-8-29(12-15)19-11-26-27-22(30)21(19)24)9-17(18)13-1-5-16(6-2-13)34(31,32)28-14-3-4-14/h1-2,5-6,9-11,14-15,28H,3-4,7-8,12H2,(H,27,30)/t15-/m1/s1. The Labute approximate surface area is 206 Å². The van der Waals surface area contributed by atoms with Gasteiger partial charge in [-0.25, -0.2) is 23.2 Å². The second-order valence-corrected chi connectivity index (χ2v) is 10.8. The molecule has 0 bridgehead atoms. The number of sulfonamides is 1. The molecule has 1 saturated carbocycles. The van der Waals surface area contributed by atoms with E-state index in [2.05, 4.69) is 19.9 Å². The maximum absolute atomic E-state index is 12.4. The monoisotopic (exact) mass is 521 g/mol. The zero-order valence-electron chi connectivity index (χ0n) is 17.9. The Morgan fingerprint density at radius 3 is 2.62 bits per heavy atom. The highest BCUT2D eigenvalue weighted by Crippen LogP contribution is 2.32. The van der Waals surface area contributed by atoms with Crippen LogP contribution in [0.5, 0.6) is 5.88 Å². The molecule has 0 spiro atoms. The molecule has 5 rings (SSSR count). The van der Waals surface area contributed by atoms with E-state index in [0.717, 1.165) is 18.4 Å². The smallest absolute Gasteiger partial charge is 0.285 e. The minimum atomic E-state index is -3.52. The Morgan fingerprint density at radius 1 is 1.12 bits per heavy atom. The summed E-state index contributed by atoms with van der Waals surface area (Å²) in [7, 11) is -3.52. The molecule has 2 fully saturated rings. The molecule has 1 aromatic carbocycles. The average Bonchev–Trinajstić information content (AvgIpc) is 3.50. The van der Waals surface area contributed by atoms with Crippen molar-refractivity contribution >= 4 is 38.9 Å². The van der Waals surface area contributed by atoms with Gasteiger partial charge < -0.3 is 9.64 Å². The number of anilines is 1. The summed E-state index contributed by atoms with van der Waals surface area (Å²) in [4.78, 5) is 18.2. The van der Waals surface area contributed by atoms with E-state index in [9.17, 15) is 13.2 Å². The first kappa shape index (κ1) is 23.1. The first-order valence-corrected chi connectivity index (χ1v) is 13.0. The number of H-pyrrole nitrogens is 1. The van der Waals surface area contributed by atoms with Gasteiger partial charge in [-0.2, -0.15) is 5.10 Å². The maximum atomic E-state index is 12.4. The normalized spacial score (nSPS) is 18.3. The number of nitrogens with one attached hydrogen (secondary N) is 2. The summed E-state index contributed by atoms with van der Waals surface area (Å²) >= 11 is 12.5. The lowest BCUT2D eigenvalue weighted by Gasteiger charge is -2.19. The molecule has 3 heterocycles. The van der Waals surface area contributed by atoms with Gasteiger partial charge in [-0.1, -0.05) is 35.3 Å². The van der Waals surface area contributed by atoms with E-state index in [4.69, 9.17) is 27.9 Å². The Bertz CT molecular complexity index is 1380. The highest BCUT2D eigenvalue weighted by molar-refractivity contribution is 7.89. The summed E-state index contributed by atoms with van der Waals surface area (Å²) in [5, 5.41) is 6.65. The number of ether oxygens (including phenoxy) is 1. The first-order valence-electron chi connectivity index (χ1n) is 10.7. The van der Waals surface area contributed by atoms with Crippen LogP contribution < -0.4 is 19.9 Å². The van der Waals surface area contributed by atoms with Crippen molar-refractivity contribution in [3.05, 3.63) is 63.1 Å². The Balaban J connectivity index is 1.30. The fourth-order valence-corrected chi connectivity index (χ4v) is 5.54. The third kappa shape index (κ3) is 4.90. The lowest BCUT2D eigenvalue weighted by Crippen LogP contribution is -2.26. The summed E-state index contributed by atoms with van der Waals surface area (Å²) in [6, 6.07) is 8.33. The fraction of sp³-hybridized carbons (Fsp3) is 0.318. The van der Waals surface area contributed by atoms with Crippen LogP contribution in [0, 0.1) is 0 Å². The van der Waals surface area contributed by atoms with Gasteiger partial charge in [0.05, 0.1) is 34.5 Å². The van der Waals surface area contributed by atoms with Gasteiger partial charge in [0.1, 0.15) is 11.1 Å². The lowest BCUT2D eigenvalue weighted by atomic mass is 10.1. The number of hydrogen-bond donors (Lipinski definition) is 2. The van der Waals surface area contributed by atoms with Gasteiger partial charge in [0.2, 0.25) is 15.9 Å². The van der Waals surface area contributed by atoms with E-state index in [1.807, 2.05) is 4.90 Å². The van der Waals surface area contributed by atoms with Crippen molar-refractivity contribution in [1.82, 2.24) is 19.9 Å². The van der Waals surface area contributed by atoms with Gasteiger partial charge in [-0.05, 0) is 30.5 Å². The Morgan fingerprint density at radius 2 is 1.88 bits per heavy atom. The van der Waals surface area contributed by atoms with E-state index in [1.54, 1.807) is 30.3 Å². The molecule has 34 heavy (non-hydrogen) atoms. The minimum Gasteiger partial charge on any atom is -0.472 e. The van der Waals surface area contributed by atoms with Crippen molar-refractivity contribution in [3.8, 4) is 17.0 Å². The number of halogens is 2. The minimum absolute atomic E-state index is 0.0420. The third-order valence-corrected chi connectivity index (χ3v) is 7.96. The predicted molar refractivity (Wildman–Crippen MR) is 129 cm³/mol. The zero-order chi connectivity index (χ0) is 23.9. The van der Waals surface area contributed by atoms with Crippen molar-refractivity contribution in [2.45, 2.75) is 36.3 Å². The molecule has 1 aliphatic carbocycles. The summed E-state index contributed by atoms with van der Waals surface area (Å²) in [5.74, 6) is 0.397. The topological polar surface area (TPSA) is 117 Å². The molecule has 1 aliphatic heterocycles. The summed E-state index contributed by atoms with van der Waals surface area (Å²) < 4.78 is 33.6. The Hall–Kier alpha value is -2.66. The average molecular weight is 522 g/mol. The molecule has 2 aromatic heterocycles. The fourth-order valence-electron chi connectivity index (χ4n) is 3.82. The van der Waals surface area contributed by atoms with E-state index in [-0.39, 0.29) is 22.1 Å². The van der Waals surface area contributed by atoms with Gasteiger partial charge in [0, 0.05) is 30.6 Å². The molecule has 2 aliphatic rings. The van der Waals surface area contributed by atoms with E-state index >= 15 is 0 Å². The molecule has 12 heteroatoms. The highest BCUT2D eigenvalue weighted by atomic mass is 35.5. The molecular weight excluding hydrogens is 501 g/mol. The molecule has 9 nitrogen and oxygen atoms in total. The molecule has 1 atom stereocenters. The van der Waals surface area contributed by atoms with E-state index < -0.39 is 15.6 Å². The molecule has 178 valence electrons. The van der Waals surface area contributed by atoms with E-state index in [0.29, 0.717) is 41.7 Å². The van der Waals surface area contributed by atoms with Crippen LogP contribution in [-0.2, 0) is 10.0 Å². The number of benzene rings is 1. The SMILES string of the molecule is O=c1[nH]ncc(N2CC[C@@H](Oc3cc(-c4ccc(S(=O)(=O)NC5CC5)cc4)c(Cl)cn3)C2)c1Cl. The second kappa shape index (κ2) is 9.18. The lowest BCUT2D eigenvalue weighted by molar-refractivity contribution is 0.216. The van der Waals surface area contributed by atoms with Gasteiger partial charge in [-0.3, -0.25) is 4.79 Å². The molecule has 0 radical (unpaired) electrons. The van der Waals surface area contributed by atoms with Crippen molar-refractivity contribution in [2.24, 2.45) is 0 Å². The molecule has 0 amide bonds. The molecule has 0 unspecified atom stereocenters. The summed E-state index contributed by atoms with van der Waals surface area (Å²) in [6.07, 6.45) is 5.32. The van der Waals surface area contributed by atoms with E-state index in [1.165, 1.54) is 12.4 Å². The van der Waals surface area contributed by atoms with Gasteiger partial charge in [-0.15, -0.1) is 0 Å². The maximum Gasteiger partial charge on any atom is 0.285 e. The molecule has 2 N–H and O–H groups in total. The van der Waals surface area contributed by atoms with Crippen LogP contribution in [0.1, 0.15) is 19.3 Å². The quantitative estimate of drug-likeness (QED) is 0.489. The summed E-state index contributed by atoms with van der Waals surface area (Å²) in [5.41, 5.74) is 1.56. The van der Waals surface area contributed by atoms with Gasteiger partial charge >= 0.3 is 0 Å². The van der Waals surface area contributed by atoms with Crippen LogP contribution in [0.4, 0.5) is 5.69 Å². The van der Waals surface area contributed by atoms with Crippen molar-refractivity contribution in [3.63, 3.8) is 0 Å². The van der Waals surface area contributed by atoms with Crippen LogP contribution in [0.15, 0.2) is 52.4 Å². The van der Waals surface area contributed by atoms with Crippen LogP contribution in [0.25, 0.3) is 11.1 Å². The Kier molecular flexibility index (Phi) is 6.24. The predicted octanol–water partition coefficient (Wildman–Crippen LogP) is 3.24. The number of hydrogen-bond acceptors (Lipinski definition) is 7. The van der Waals surface area contributed by atoms with Crippen molar-refractivity contribution in [2.75, 3.05) is 18.0 Å². The zero-order valence-corrected chi connectivity index (χ0v) is 20.2. The third-order valence-electron chi connectivity index (χ3n) is 5.76. The summed E-state index contributed by atoms with van der Waals surface area (Å²) in [6.45, 7) is 1.17. The molecule has 3 aromatic rings. The number of pyridine rings is 1. The van der Waals surface area contributed by atoms with Crippen LogP contribution in [0.2, 0.25) is 10.0 Å². The molecule has 1 saturated heterocycles. The van der Waals surface area contributed by atoms with Crippen molar-refractivity contribution in [1.29, 1.82) is 0 Å². The number of rotatable bonds is 7. The van der Waals surface area contributed by atoms with Crippen LogP contribution in [0.3, 0.4) is 0 Å². The van der Waals surface area contributed by atoms with Crippen molar-refractivity contribution < 1.29 is 13.2 Å². The van der Waals surface area contributed by atoms with Crippen LogP contribution in [-0.4, -0.2) is 48.8 Å².